The van der Waals surface area contributed by atoms with Crippen LogP contribution >= 0.6 is 0 Å². The molecule has 0 aliphatic carbocycles. The monoisotopic (exact) mass is 158 g/mol. The molecule has 66 valence electrons. The van der Waals surface area contributed by atoms with Crippen molar-refractivity contribution in [2.24, 2.45) is 0 Å². The molecule has 0 bridgehead atoms. The average molecular weight is 158 g/mol. The van der Waals surface area contributed by atoms with Gasteiger partial charge in [-0.1, -0.05) is 0 Å². The van der Waals surface area contributed by atoms with Gasteiger partial charge in [-0.2, -0.15) is 0 Å². The average Bonchev–Trinajstić information content (AvgIpc) is 1.88. The van der Waals surface area contributed by atoms with E-state index in [2.05, 4.69) is 19.2 Å². The minimum absolute atomic E-state index is 0.144. The summed E-state index contributed by atoms with van der Waals surface area (Å²) < 4.78 is 0. The van der Waals surface area contributed by atoms with E-state index in [1.165, 1.54) is 0 Å². The Morgan fingerprint density at radius 3 is 2.00 bits per heavy atom. The largest absolute Gasteiger partial charge is 0.299 e. The number of Topliss-reactive ketones (excluding diaryl/α,β-unsaturated/α-hetero) is 1. The first-order chi connectivity index (χ1) is 5.00. The molecule has 0 saturated carbocycles. The molecule has 0 aromatic carbocycles. The molecule has 0 unspecified atom stereocenters. The summed E-state index contributed by atoms with van der Waals surface area (Å²) in [6.45, 7) is 5.72. The molecule has 0 aromatic heterocycles. The van der Waals surface area contributed by atoms with Gasteiger partial charge in [-0.05, 0) is 34.9 Å². The lowest BCUT2D eigenvalue weighted by Crippen LogP contribution is -2.49. The van der Waals surface area contributed by atoms with Crippen LogP contribution in [0.2, 0.25) is 0 Å². The summed E-state index contributed by atoms with van der Waals surface area (Å²) in [6.07, 6.45) is -0.144. The molecule has 3 heteroatoms. The first-order valence-corrected chi connectivity index (χ1v) is 3.90. The molecular weight excluding hydrogens is 140 g/mol. The lowest BCUT2D eigenvalue weighted by molar-refractivity contribution is -0.123. The summed E-state index contributed by atoms with van der Waals surface area (Å²) >= 11 is 0. The summed E-state index contributed by atoms with van der Waals surface area (Å²) in [7, 11) is 3.73. The molecule has 0 aliphatic rings. The normalized spacial score (nSPS) is 14.1. The maximum Gasteiger partial charge on any atom is 0.161 e. The molecule has 1 N–H and O–H groups in total. The van der Waals surface area contributed by atoms with E-state index in [1.54, 1.807) is 14.0 Å². The lowest BCUT2D eigenvalue weighted by atomic mass is 10.2. The summed E-state index contributed by atoms with van der Waals surface area (Å²) in [5.41, 5.74) is 0. The van der Waals surface area contributed by atoms with Crippen molar-refractivity contribution in [2.75, 3.05) is 14.1 Å². The minimum Gasteiger partial charge on any atom is -0.299 e. The van der Waals surface area contributed by atoms with Crippen molar-refractivity contribution in [3.05, 3.63) is 0 Å². The Hall–Kier alpha value is -0.410. The highest BCUT2D eigenvalue weighted by Gasteiger charge is 2.18. The van der Waals surface area contributed by atoms with E-state index in [-0.39, 0.29) is 11.9 Å². The van der Waals surface area contributed by atoms with Crippen molar-refractivity contribution in [1.29, 1.82) is 0 Å². The standard InChI is InChI=1S/C8H18N2O/c1-6(2)10(5)8(9-4)7(3)11/h6,8-9H,1-5H3/t8-/m1/s1. The maximum atomic E-state index is 11.0. The highest BCUT2D eigenvalue weighted by Crippen LogP contribution is 1.99. The van der Waals surface area contributed by atoms with E-state index in [4.69, 9.17) is 0 Å². The van der Waals surface area contributed by atoms with Crippen LogP contribution in [-0.4, -0.2) is 37.0 Å². The zero-order valence-electron chi connectivity index (χ0n) is 8.01. The van der Waals surface area contributed by atoms with E-state index in [0.717, 1.165) is 0 Å². The summed E-state index contributed by atoms with van der Waals surface area (Å²) in [4.78, 5) is 13.0. The number of rotatable bonds is 4. The second-order valence-electron chi connectivity index (χ2n) is 3.06. The highest BCUT2D eigenvalue weighted by molar-refractivity contribution is 5.80. The van der Waals surface area contributed by atoms with Crippen molar-refractivity contribution in [3.63, 3.8) is 0 Å². The molecule has 0 spiro atoms. The van der Waals surface area contributed by atoms with Gasteiger partial charge in [0.15, 0.2) is 5.78 Å². The van der Waals surface area contributed by atoms with Crippen LogP contribution in [0.3, 0.4) is 0 Å². The molecule has 3 nitrogen and oxygen atoms in total. The first-order valence-electron chi connectivity index (χ1n) is 3.90. The van der Waals surface area contributed by atoms with E-state index in [9.17, 15) is 4.79 Å². The van der Waals surface area contributed by atoms with Crippen LogP contribution in [0.1, 0.15) is 20.8 Å². The maximum absolute atomic E-state index is 11.0. The van der Waals surface area contributed by atoms with Crippen LogP contribution in [0.25, 0.3) is 0 Å². The Morgan fingerprint density at radius 2 is 1.91 bits per heavy atom. The summed E-state index contributed by atoms with van der Waals surface area (Å²) in [6, 6.07) is 0.386. The molecule has 11 heavy (non-hydrogen) atoms. The quantitative estimate of drug-likeness (QED) is 0.603. The lowest BCUT2D eigenvalue weighted by Gasteiger charge is -2.28. The van der Waals surface area contributed by atoms with Gasteiger partial charge in [0.05, 0.1) is 0 Å². The number of hydrogen-bond donors (Lipinski definition) is 1. The fraction of sp³-hybridized carbons (Fsp3) is 0.875. The van der Waals surface area contributed by atoms with Crippen molar-refractivity contribution < 1.29 is 4.79 Å². The Labute approximate surface area is 68.8 Å². The molecule has 0 fully saturated rings. The third-order valence-electron chi connectivity index (χ3n) is 1.88. The zero-order chi connectivity index (χ0) is 9.02. The van der Waals surface area contributed by atoms with Crippen LogP contribution in [0.4, 0.5) is 0 Å². The smallest absolute Gasteiger partial charge is 0.161 e. The fourth-order valence-corrected chi connectivity index (χ4v) is 0.992. The van der Waals surface area contributed by atoms with Crippen LogP contribution in [0.15, 0.2) is 0 Å². The molecule has 0 aliphatic heterocycles. The second kappa shape index (κ2) is 4.46. The molecule has 1 atom stereocenters. The Bertz CT molecular complexity index is 134. The van der Waals surface area contributed by atoms with Gasteiger partial charge >= 0.3 is 0 Å². The van der Waals surface area contributed by atoms with Gasteiger partial charge in [0, 0.05) is 6.04 Å². The van der Waals surface area contributed by atoms with Crippen LogP contribution < -0.4 is 5.32 Å². The number of nitrogens with one attached hydrogen (secondary N) is 1. The molecule has 0 heterocycles. The van der Waals surface area contributed by atoms with Crippen LogP contribution in [-0.2, 0) is 4.79 Å². The Morgan fingerprint density at radius 1 is 1.45 bits per heavy atom. The number of hydrogen-bond acceptors (Lipinski definition) is 3. The van der Waals surface area contributed by atoms with E-state index < -0.39 is 0 Å². The predicted octanol–water partition coefficient (Wildman–Crippen LogP) is 0.461. The minimum atomic E-state index is -0.144. The second-order valence-corrected chi connectivity index (χ2v) is 3.06. The van der Waals surface area contributed by atoms with Crippen LogP contribution in [0.5, 0.6) is 0 Å². The molecule has 0 aromatic rings. The summed E-state index contributed by atoms with van der Waals surface area (Å²) in [5, 5.41) is 2.96. The van der Waals surface area contributed by atoms with Gasteiger partial charge in [-0.15, -0.1) is 0 Å². The van der Waals surface area contributed by atoms with E-state index >= 15 is 0 Å². The van der Waals surface area contributed by atoms with Crippen LogP contribution in [0, 0.1) is 0 Å². The Kier molecular flexibility index (Phi) is 4.30. The van der Waals surface area contributed by atoms with E-state index in [0.29, 0.717) is 6.04 Å². The zero-order valence-corrected chi connectivity index (χ0v) is 8.01. The van der Waals surface area contributed by atoms with Crippen molar-refractivity contribution in [2.45, 2.75) is 33.0 Å². The van der Waals surface area contributed by atoms with Gasteiger partial charge < -0.3 is 0 Å². The first kappa shape index (κ1) is 10.6. The third-order valence-corrected chi connectivity index (χ3v) is 1.88. The number of ketones is 1. The van der Waals surface area contributed by atoms with Gasteiger partial charge in [0.25, 0.3) is 0 Å². The number of likely N-dealkylation sites (N-methyl/N-ethyl adjacent to an activating group) is 2. The number of carbonyl (C=O) groups is 1. The molecule has 0 radical (unpaired) electrons. The molecule has 0 amide bonds. The SMILES string of the molecule is CN[C@@H](C(C)=O)N(C)C(C)C. The highest BCUT2D eigenvalue weighted by atomic mass is 16.1. The van der Waals surface area contributed by atoms with Gasteiger partial charge in [-0.25, -0.2) is 0 Å². The molecular formula is C8H18N2O. The van der Waals surface area contributed by atoms with Crippen molar-refractivity contribution >= 4 is 5.78 Å². The third kappa shape index (κ3) is 2.99. The van der Waals surface area contributed by atoms with E-state index in [1.807, 2.05) is 11.9 Å². The van der Waals surface area contributed by atoms with Crippen molar-refractivity contribution in [1.82, 2.24) is 10.2 Å². The summed E-state index contributed by atoms with van der Waals surface area (Å²) in [5.74, 6) is 0.156. The topological polar surface area (TPSA) is 32.3 Å². The predicted molar refractivity (Wildman–Crippen MR) is 46.4 cm³/mol. The number of carbonyl (C=O) groups excluding carboxylic acids is 1. The Balaban J connectivity index is 4.14. The molecule has 0 saturated heterocycles. The van der Waals surface area contributed by atoms with Gasteiger partial charge in [0.2, 0.25) is 0 Å². The van der Waals surface area contributed by atoms with Gasteiger partial charge in [0.1, 0.15) is 6.17 Å². The molecule has 0 rings (SSSR count). The van der Waals surface area contributed by atoms with Gasteiger partial charge in [-0.3, -0.25) is 15.0 Å². The fourth-order valence-electron chi connectivity index (χ4n) is 0.992. The van der Waals surface area contributed by atoms with Crippen molar-refractivity contribution in [3.8, 4) is 0 Å². The number of nitrogens with zero attached hydrogens (tertiary/aromatic N) is 1.